The number of hydrogen-bond acceptors (Lipinski definition) is 3. The van der Waals surface area contributed by atoms with Crippen molar-refractivity contribution in [2.45, 2.75) is 25.6 Å². The lowest BCUT2D eigenvalue weighted by atomic mass is 10.1. The van der Waals surface area contributed by atoms with Gasteiger partial charge in [-0.1, -0.05) is 0 Å². The number of urea groups is 1. The minimum Gasteiger partial charge on any atom is -0.393 e. The second-order valence-corrected chi connectivity index (χ2v) is 5.61. The van der Waals surface area contributed by atoms with E-state index >= 15 is 0 Å². The van der Waals surface area contributed by atoms with E-state index in [1.54, 1.807) is 25.9 Å². The van der Waals surface area contributed by atoms with Crippen LogP contribution in [0.5, 0.6) is 0 Å². The van der Waals surface area contributed by atoms with E-state index < -0.39 is 23.9 Å². The Morgan fingerprint density at radius 3 is 2.39 bits per heavy atom. The quantitative estimate of drug-likeness (QED) is 0.871. The summed E-state index contributed by atoms with van der Waals surface area (Å²) in [7, 11) is 4.87. The van der Waals surface area contributed by atoms with E-state index in [2.05, 4.69) is 5.32 Å². The van der Waals surface area contributed by atoms with Crippen LogP contribution in [0, 0.1) is 0 Å². The zero-order valence-electron chi connectivity index (χ0n) is 13.6. The van der Waals surface area contributed by atoms with Crippen LogP contribution in [0.1, 0.15) is 18.9 Å². The third-order valence-electron chi connectivity index (χ3n) is 3.28. The summed E-state index contributed by atoms with van der Waals surface area (Å²) in [5, 5.41) is 11.7. The fourth-order valence-electron chi connectivity index (χ4n) is 1.90. The molecule has 0 saturated heterocycles. The summed E-state index contributed by atoms with van der Waals surface area (Å²) in [5.74, 6) is 0. The topological polar surface area (TPSA) is 55.8 Å². The number of rotatable bonds is 5. The number of aliphatic hydroxyl groups is 1. The van der Waals surface area contributed by atoms with Crippen LogP contribution in [0.25, 0.3) is 0 Å². The Balaban J connectivity index is 2.98. The molecule has 2 amide bonds. The van der Waals surface area contributed by atoms with Gasteiger partial charge in [0.1, 0.15) is 0 Å². The number of alkyl halides is 3. The molecule has 1 aromatic carbocycles. The van der Waals surface area contributed by atoms with Crippen LogP contribution in [0.15, 0.2) is 18.2 Å². The average Bonchev–Trinajstić information content (AvgIpc) is 2.43. The molecule has 0 aromatic heterocycles. The minimum atomic E-state index is -4.48. The van der Waals surface area contributed by atoms with E-state index in [-0.39, 0.29) is 5.69 Å². The highest BCUT2D eigenvalue weighted by Crippen LogP contribution is 2.35. The maximum atomic E-state index is 12.8. The first-order valence-corrected chi connectivity index (χ1v) is 7.11. The van der Waals surface area contributed by atoms with Gasteiger partial charge in [-0.3, -0.25) is 0 Å². The molecule has 0 aliphatic carbocycles. The van der Waals surface area contributed by atoms with E-state index in [1.165, 1.54) is 18.0 Å². The largest absolute Gasteiger partial charge is 0.416 e. The van der Waals surface area contributed by atoms with Gasteiger partial charge < -0.3 is 20.2 Å². The van der Waals surface area contributed by atoms with Crippen molar-refractivity contribution in [2.75, 3.05) is 37.9 Å². The summed E-state index contributed by atoms with van der Waals surface area (Å²) in [6, 6.07) is 2.67. The SMILES string of the molecule is CC(O)CCN(C)C(=O)Nc1cc(C(F)(F)F)ccc1N(C)C. The van der Waals surface area contributed by atoms with E-state index in [4.69, 9.17) is 0 Å². The molecule has 0 fully saturated rings. The van der Waals surface area contributed by atoms with Gasteiger partial charge in [-0.2, -0.15) is 13.2 Å². The van der Waals surface area contributed by atoms with E-state index in [9.17, 15) is 23.1 Å². The van der Waals surface area contributed by atoms with Crippen molar-refractivity contribution in [2.24, 2.45) is 0 Å². The van der Waals surface area contributed by atoms with Crippen LogP contribution < -0.4 is 10.2 Å². The predicted molar refractivity (Wildman–Crippen MR) is 83.7 cm³/mol. The molecule has 5 nitrogen and oxygen atoms in total. The molecule has 0 heterocycles. The van der Waals surface area contributed by atoms with Crippen molar-refractivity contribution < 1.29 is 23.1 Å². The van der Waals surface area contributed by atoms with Crippen LogP contribution in [0.3, 0.4) is 0 Å². The summed E-state index contributed by atoms with van der Waals surface area (Å²) >= 11 is 0. The zero-order chi connectivity index (χ0) is 17.8. The summed E-state index contributed by atoms with van der Waals surface area (Å²) in [4.78, 5) is 15.0. The van der Waals surface area contributed by atoms with Crippen LogP contribution in [-0.4, -0.2) is 49.8 Å². The Morgan fingerprint density at radius 2 is 1.91 bits per heavy atom. The molecule has 1 aromatic rings. The monoisotopic (exact) mass is 333 g/mol. The normalized spacial score (nSPS) is 12.7. The lowest BCUT2D eigenvalue weighted by Gasteiger charge is -2.23. The first-order chi connectivity index (χ1) is 10.5. The minimum absolute atomic E-state index is 0.0821. The summed E-state index contributed by atoms with van der Waals surface area (Å²) in [5.41, 5.74) is -0.279. The maximum absolute atomic E-state index is 12.8. The first-order valence-electron chi connectivity index (χ1n) is 7.11. The standard InChI is InChI=1S/C15H22F3N3O2/c1-10(22)7-8-21(4)14(23)19-12-9-11(15(16,17)18)5-6-13(12)20(2)3/h5-6,9-10,22H,7-8H2,1-4H3,(H,19,23). The number of nitrogens with one attached hydrogen (secondary N) is 1. The summed E-state index contributed by atoms with van der Waals surface area (Å²) < 4.78 is 38.5. The van der Waals surface area contributed by atoms with Crippen molar-refractivity contribution in [1.29, 1.82) is 0 Å². The highest BCUT2D eigenvalue weighted by Gasteiger charge is 2.31. The van der Waals surface area contributed by atoms with Gasteiger partial charge >= 0.3 is 12.2 Å². The Labute approximate surface area is 133 Å². The Bertz CT molecular complexity index is 545. The highest BCUT2D eigenvalue weighted by atomic mass is 19.4. The molecule has 0 saturated carbocycles. The molecule has 23 heavy (non-hydrogen) atoms. The molecule has 2 N–H and O–H groups in total. The van der Waals surface area contributed by atoms with Gasteiger partial charge in [-0.05, 0) is 31.5 Å². The number of aliphatic hydroxyl groups excluding tert-OH is 1. The molecule has 8 heteroatoms. The smallest absolute Gasteiger partial charge is 0.393 e. The van der Waals surface area contributed by atoms with Gasteiger partial charge in [0.25, 0.3) is 0 Å². The van der Waals surface area contributed by atoms with Crippen molar-refractivity contribution in [3.8, 4) is 0 Å². The molecule has 1 atom stereocenters. The summed E-state index contributed by atoms with van der Waals surface area (Å²) in [6.45, 7) is 1.89. The predicted octanol–water partition coefficient (Wildman–Crippen LogP) is 3.01. The number of benzene rings is 1. The van der Waals surface area contributed by atoms with Crippen LogP contribution in [0.2, 0.25) is 0 Å². The maximum Gasteiger partial charge on any atom is 0.416 e. The lowest BCUT2D eigenvalue weighted by Crippen LogP contribution is -2.33. The van der Waals surface area contributed by atoms with Gasteiger partial charge in [-0.15, -0.1) is 0 Å². The van der Waals surface area contributed by atoms with Gasteiger partial charge in [0.2, 0.25) is 0 Å². The molecule has 0 spiro atoms. The molecular formula is C15H22F3N3O2. The number of amides is 2. The second-order valence-electron chi connectivity index (χ2n) is 5.61. The van der Waals surface area contributed by atoms with E-state index in [0.717, 1.165) is 12.1 Å². The van der Waals surface area contributed by atoms with E-state index in [0.29, 0.717) is 18.7 Å². The Kier molecular flexibility index (Phi) is 6.26. The van der Waals surface area contributed by atoms with Gasteiger partial charge in [0, 0.05) is 27.7 Å². The van der Waals surface area contributed by atoms with Crippen LogP contribution in [0.4, 0.5) is 29.3 Å². The number of carbonyl (C=O) groups excluding carboxylic acids is 1. The van der Waals surface area contributed by atoms with Crippen molar-refractivity contribution in [3.63, 3.8) is 0 Å². The summed E-state index contributed by atoms with van der Waals surface area (Å²) in [6.07, 6.45) is -4.66. The van der Waals surface area contributed by atoms with Crippen LogP contribution in [-0.2, 0) is 6.18 Å². The molecule has 0 aliphatic rings. The second kappa shape index (κ2) is 7.54. The molecule has 1 rings (SSSR count). The fourth-order valence-corrected chi connectivity index (χ4v) is 1.90. The molecule has 0 radical (unpaired) electrons. The lowest BCUT2D eigenvalue weighted by molar-refractivity contribution is -0.137. The zero-order valence-corrected chi connectivity index (χ0v) is 13.6. The number of hydrogen-bond donors (Lipinski definition) is 2. The Hall–Kier alpha value is -1.96. The number of carbonyl (C=O) groups is 1. The molecule has 0 aliphatic heterocycles. The van der Waals surface area contributed by atoms with Gasteiger partial charge in [-0.25, -0.2) is 4.79 Å². The third-order valence-corrected chi connectivity index (χ3v) is 3.28. The van der Waals surface area contributed by atoms with Gasteiger partial charge in [0.05, 0.1) is 23.0 Å². The third kappa shape index (κ3) is 5.63. The van der Waals surface area contributed by atoms with Crippen molar-refractivity contribution >= 4 is 17.4 Å². The molecular weight excluding hydrogens is 311 g/mol. The number of halogens is 3. The van der Waals surface area contributed by atoms with Gasteiger partial charge in [0.15, 0.2) is 0 Å². The fraction of sp³-hybridized carbons (Fsp3) is 0.533. The first kappa shape index (κ1) is 19.1. The van der Waals surface area contributed by atoms with Crippen molar-refractivity contribution in [1.82, 2.24) is 4.90 Å². The Morgan fingerprint density at radius 1 is 1.30 bits per heavy atom. The van der Waals surface area contributed by atoms with Crippen LogP contribution >= 0.6 is 0 Å². The highest BCUT2D eigenvalue weighted by molar-refractivity contribution is 5.93. The van der Waals surface area contributed by atoms with E-state index in [1.807, 2.05) is 0 Å². The van der Waals surface area contributed by atoms with Crippen molar-refractivity contribution in [3.05, 3.63) is 23.8 Å². The molecule has 0 bridgehead atoms. The average molecular weight is 333 g/mol. The number of anilines is 2. The molecule has 130 valence electrons. The molecule has 1 unspecified atom stereocenters. The number of nitrogens with zero attached hydrogens (tertiary/aromatic N) is 2.